The standard InChI is InChI=1S/C17H26N6O2/c1-10-12(6-8-24)16(25-4)20-15-13(10)14(18-2)21-17(22-15)19-11-5-7-23(3)9-11/h11,24H,5-9H2,1-4H3,(H2,18,19,20,21,22). The molecule has 0 spiro atoms. The fourth-order valence-electron chi connectivity index (χ4n) is 3.41. The zero-order valence-corrected chi connectivity index (χ0v) is 15.3. The summed E-state index contributed by atoms with van der Waals surface area (Å²) in [6, 6.07) is 0.337. The first-order chi connectivity index (χ1) is 12.1. The molecule has 3 heterocycles. The number of aliphatic hydroxyl groups excluding tert-OH is 1. The number of ether oxygens (including phenoxy) is 1. The average Bonchev–Trinajstić information content (AvgIpc) is 3.01. The van der Waals surface area contributed by atoms with Crippen molar-refractivity contribution in [2.45, 2.75) is 25.8 Å². The SMILES string of the molecule is CNc1nc(NC2CCN(C)C2)nc2nc(OC)c(CCO)c(C)c12. The molecule has 2 aromatic rings. The number of nitrogens with zero attached hydrogens (tertiary/aromatic N) is 4. The Kier molecular flexibility index (Phi) is 5.19. The van der Waals surface area contributed by atoms with Gasteiger partial charge in [-0.15, -0.1) is 0 Å². The first kappa shape index (κ1) is 17.6. The summed E-state index contributed by atoms with van der Waals surface area (Å²) < 4.78 is 5.42. The summed E-state index contributed by atoms with van der Waals surface area (Å²) in [5, 5.41) is 16.8. The van der Waals surface area contributed by atoms with Crippen LogP contribution < -0.4 is 15.4 Å². The minimum absolute atomic E-state index is 0.0367. The molecular weight excluding hydrogens is 320 g/mol. The molecule has 1 unspecified atom stereocenters. The van der Waals surface area contributed by atoms with E-state index in [0.29, 0.717) is 29.9 Å². The average molecular weight is 346 g/mol. The van der Waals surface area contributed by atoms with Crippen LogP contribution in [0.15, 0.2) is 0 Å². The van der Waals surface area contributed by atoms with Crippen LogP contribution in [0, 0.1) is 6.92 Å². The van der Waals surface area contributed by atoms with E-state index in [4.69, 9.17) is 4.74 Å². The van der Waals surface area contributed by atoms with Crippen molar-refractivity contribution in [2.24, 2.45) is 0 Å². The summed E-state index contributed by atoms with van der Waals surface area (Å²) in [6.07, 6.45) is 1.55. The molecule has 0 aromatic carbocycles. The summed E-state index contributed by atoms with van der Waals surface area (Å²) in [6.45, 7) is 4.07. The molecule has 1 fully saturated rings. The van der Waals surface area contributed by atoms with Crippen LogP contribution in [0.2, 0.25) is 0 Å². The second-order valence-electron chi connectivity index (χ2n) is 6.43. The van der Waals surface area contributed by atoms with Gasteiger partial charge in [0.25, 0.3) is 0 Å². The first-order valence-corrected chi connectivity index (χ1v) is 8.56. The number of hydrogen-bond donors (Lipinski definition) is 3. The Hall–Kier alpha value is -2.19. The Morgan fingerprint density at radius 1 is 1.32 bits per heavy atom. The molecule has 0 aliphatic carbocycles. The van der Waals surface area contributed by atoms with E-state index in [0.717, 1.165) is 41.8 Å². The minimum atomic E-state index is 0.0367. The molecule has 2 aromatic heterocycles. The predicted molar refractivity (Wildman–Crippen MR) is 98.5 cm³/mol. The van der Waals surface area contributed by atoms with Crippen LogP contribution >= 0.6 is 0 Å². The highest BCUT2D eigenvalue weighted by atomic mass is 16.5. The Morgan fingerprint density at radius 3 is 2.72 bits per heavy atom. The Bertz CT molecular complexity index is 767. The van der Waals surface area contributed by atoms with E-state index in [1.165, 1.54) is 0 Å². The number of methoxy groups -OCH3 is 1. The molecule has 1 saturated heterocycles. The van der Waals surface area contributed by atoms with Crippen LogP contribution in [0.5, 0.6) is 5.88 Å². The van der Waals surface area contributed by atoms with Crippen molar-refractivity contribution in [2.75, 3.05) is 51.5 Å². The fourth-order valence-corrected chi connectivity index (χ4v) is 3.41. The predicted octanol–water partition coefficient (Wildman–Crippen LogP) is 1.03. The van der Waals surface area contributed by atoms with E-state index in [9.17, 15) is 5.11 Å². The molecule has 1 atom stereocenters. The zero-order valence-electron chi connectivity index (χ0n) is 15.3. The van der Waals surface area contributed by atoms with Crippen molar-refractivity contribution in [1.29, 1.82) is 0 Å². The fraction of sp³-hybridized carbons (Fsp3) is 0.588. The molecule has 0 bridgehead atoms. The number of pyridine rings is 1. The summed E-state index contributed by atoms with van der Waals surface area (Å²) in [5.74, 6) is 1.80. The van der Waals surface area contributed by atoms with E-state index < -0.39 is 0 Å². The third kappa shape index (κ3) is 3.45. The minimum Gasteiger partial charge on any atom is -0.481 e. The van der Waals surface area contributed by atoms with Crippen molar-refractivity contribution >= 4 is 22.8 Å². The van der Waals surface area contributed by atoms with E-state index in [1.54, 1.807) is 7.11 Å². The van der Waals surface area contributed by atoms with Gasteiger partial charge >= 0.3 is 0 Å². The lowest BCUT2D eigenvalue weighted by atomic mass is 10.0. The van der Waals surface area contributed by atoms with E-state index in [-0.39, 0.29) is 6.61 Å². The topological polar surface area (TPSA) is 95.4 Å². The van der Waals surface area contributed by atoms with Gasteiger partial charge in [0.1, 0.15) is 5.82 Å². The molecule has 0 amide bonds. The van der Waals surface area contributed by atoms with Crippen molar-refractivity contribution < 1.29 is 9.84 Å². The number of hydrogen-bond acceptors (Lipinski definition) is 8. The number of aromatic nitrogens is 3. The van der Waals surface area contributed by atoms with Crippen LogP contribution in [0.25, 0.3) is 11.0 Å². The number of aryl methyl sites for hydroxylation is 1. The number of anilines is 2. The van der Waals surface area contributed by atoms with Crippen molar-refractivity contribution in [3.63, 3.8) is 0 Å². The van der Waals surface area contributed by atoms with Gasteiger partial charge in [-0.2, -0.15) is 15.0 Å². The van der Waals surface area contributed by atoms with Crippen LogP contribution in [0.4, 0.5) is 11.8 Å². The Labute approximate surface area is 147 Å². The zero-order chi connectivity index (χ0) is 18.0. The van der Waals surface area contributed by atoms with Crippen LogP contribution in [0.1, 0.15) is 17.5 Å². The second kappa shape index (κ2) is 7.37. The lowest BCUT2D eigenvalue weighted by molar-refractivity contribution is 0.295. The van der Waals surface area contributed by atoms with Crippen LogP contribution in [-0.2, 0) is 6.42 Å². The monoisotopic (exact) mass is 346 g/mol. The summed E-state index contributed by atoms with van der Waals surface area (Å²) >= 11 is 0. The molecule has 3 N–H and O–H groups in total. The molecule has 1 aliphatic heterocycles. The molecule has 8 nitrogen and oxygen atoms in total. The van der Waals surface area contributed by atoms with E-state index in [2.05, 4.69) is 37.5 Å². The highest BCUT2D eigenvalue weighted by molar-refractivity contribution is 5.92. The van der Waals surface area contributed by atoms with Gasteiger partial charge < -0.3 is 25.4 Å². The molecule has 8 heteroatoms. The van der Waals surface area contributed by atoms with Gasteiger partial charge in [-0.1, -0.05) is 0 Å². The van der Waals surface area contributed by atoms with Gasteiger partial charge in [0.2, 0.25) is 11.8 Å². The summed E-state index contributed by atoms with van der Waals surface area (Å²) in [5.41, 5.74) is 2.45. The maximum Gasteiger partial charge on any atom is 0.226 e. The number of aliphatic hydroxyl groups is 1. The van der Waals surface area contributed by atoms with Crippen LogP contribution in [0.3, 0.4) is 0 Å². The van der Waals surface area contributed by atoms with Gasteiger partial charge in [-0.3, -0.25) is 0 Å². The molecular formula is C17H26N6O2. The Balaban J connectivity index is 2.06. The number of likely N-dealkylation sites (N-methyl/N-ethyl adjacent to an activating group) is 1. The van der Waals surface area contributed by atoms with E-state index >= 15 is 0 Å². The highest BCUT2D eigenvalue weighted by Crippen LogP contribution is 2.31. The van der Waals surface area contributed by atoms with Crippen LogP contribution in [-0.4, -0.2) is 71.9 Å². The molecule has 1 aliphatic rings. The van der Waals surface area contributed by atoms with Gasteiger partial charge in [-0.25, -0.2) is 0 Å². The third-order valence-corrected chi connectivity index (χ3v) is 4.70. The molecule has 136 valence electrons. The number of likely N-dealkylation sites (tertiary alicyclic amines) is 1. The van der Waals surface area contributed by atoms with Crippen molar-refractivity contribution in [3.8, 4) is 5.88 Å². The molecule has 0 saturated carbocycles. The van der Waals surface area contributed by atoms with E-state index in [1.807, 2.05) is 14.0 Å². The number of rotatable bonds is 6. The van der Waals surface area contributed by atoms with Crippen molar-refractivity contribution in [1.82, 2.24) is 19.9 Å². The number of nitrogens with one attached hydrogen (secondary N) is 2. The normalized spacial score (nSPS) is 17.9. The largest absolute Gasteiger partial charge is 0.481 e. The molecule has 25 heavy (non-hydrogen) atoms. The maximum absolute atomic E-state index is 9.34. The van der Waals surface area contributed by atoms with Gasteiger partial charge in [0, 0.05) is 38.2 Å². The van der Waals surface area contributed by atoms with Crippen molar-refractivity contribution in [3.05, 3.63) is 11.1 Å². The molecule has 0 radical (unpaired) electrons. The number of fused-ring (bicyclic) bond motifs is 1. The lowest BCUT2D eigenvalue weighted by Crippen LogP contribution is -2.24. The maximum atomic E-state index is 9.34. The summed E-state index contributed by atoms with van der Waals surface area (Å²) in [7, 11) is 5.53. The lowest BCUT2D eigenvalue weighted by Gasteiger charge is -2.17. The third-order valence-electron chi connectivity index (χ3n) is 4.70. The Morgan fingerprint density at radius 2 is 2.12 bits per heavy atom. The smallest absolute Gasteiger partial charge is 0.226 e. The van der Waals surface area contributed by atoms with Gasteiger partial charge in [0.15, 0.2) is 5.65 Å². The summed E-state index contributed by atoms with van der Waals surface area (Å²) in [4.78, 5) is 16.1. The highest BCUT2D eigenvalue weighted by Gasteiger charge is 2.22. The van der Waals surface area contributed by atoms with Gasteiger partial charge in [-0.05, 0) is 32.5 Å². The van der Waals surface area contributed by atoms with Gasteiger partial charge in [0.05, 0.1) is 12.5 Å². The first-order valence-electron chi connectivity index (χ1n) is 8.56. The second-order valence-corrected chi connectivity index (χ2v) is 6.43. The quantitative estimate of drug-likeness (QED) is 0.714. The molecule has 3 rings (SSSR count).